The average molecular weight is 282 g/mol. The number of piperidine rings is 1. The molecule has 0 radical (unpaired) electrons. The van der Waals surface area contributed by atoms with Gasteiger partial charge in [-0.25, -0.2) is 4.98 Å². The number of Topliss-reactive ketones (excluding diaryl/α,β-unsaturated/α-hetero) is 1. The SMILES string of the molecule is CC1(C)C(=O)C(C#N)=CC2CN(c3cnccn3)CCC21. The highest BCUT2D eigenvalue weighted by molar-refractivity contribution is 6.03. The minimum atomic E-state index is -0.459. The van der Waals surface area contributed by atoms with Crippen LogP contribution in [0.25, 0.3) is 0 Å². The van der Waals surface area contributed by atoms with Gasteiger partial charge in [-0.15, -0.1) is 0 Å². The second-order valence-electron chi connectivity index (χ2n) is 6.31. The molecule has 1 saturated heterocycles. The molecule has 2 heterocycles. The van der Waals surface area contributed by atoms with Crippen molar-refractivity contribution in [2.75, 3.05) is 18.0 Å². The molecule has 0 spiro atoms. The lowest BCUT2D eigenvalue weighted by molar-refractivity contribution is -0.127. The summed E-state index contributed by atoms with van der Waals surface area (Å²) in [6, 6.07) is 2.06. The summed E-state index contributed by atoms with van der Waals surface area (Å²) in [6.45, 7) is 5.59. The van der Waals surface area contributed by atoms with Gasteiger partial charge in [0.15, 0.2) is 5.78 Å². The van der Waals surface area contributed by atoms with Gasteiger partial charge in [0.25, 0.3) is 0 Å². The molecule has 1 fully saturated rings. The van der Waals surface area contributed by atoms with E-state index in [0.29, 0.717) is 5.57 Å². The first-order chi connectivity index (χ1) is 10.0. The van der Waals surface area contributed by atoms with E-state index in [9.17, 15) is 10.1 Å². The van der Waals surface area contributed by atoms with Gasteiger partial charge >= 0.3 is 0 Å². The maximum absolute atomic E-state index is 12.4. The molecule has 2 unspecified atom stereocenters. The van der Waals surface area contributed by atoms with Crippen molar-refractivity contribution in [1.82, 2.24) is 9.97 Å². The number of carbonyl (C=O) groups is 1. The Kier molecular flexibility index (Phi) is 3.25. The lowest BCUT2D eigenvalue weighted by Crippen LogP contribution is -2.50. The predicted molar refractivity (Wildman–Crippen MR) is 78.3 cm³/mol. The zero-order valence-corrected chi connectivity index (χ0v) is 12.3. The van der Waals surface area contributed by atoms with E-state index in [4.69, 9.17) is 0 Å². The molecule has 0 saturated carbocycles. The number of allylic oxidation sites excluding steroid dienone is 1. The van der Waals surface area contributed by atoms with E-state index in [1.54, 1.807) is 18.6 Å². The number of nitrogens with zero attached hydrogens (tertiary/aromatic N) is 4. The Morgan fingerprint density at radius 2 is 2.24 bits per heavy atom. The quantitative estimate of drug-likeness (QED) is 0.787. The Bertz CT molecular complexity index is 629. The molecule has 5 heteroatoms. The molecular formula is C16H18N4O. The largest absolute Gasteiger partial charge is 0.355 e. The van der Waals surface area contributed by atoms with Gasteiger partial charge < -0.3 is 4.90 Å². The van der Waals surface area contributed by atoms with Gasteiger partial charge in [0.05, 0.1) is 11.8 Å². The zero-order chi connectivity index (χ0) is 15.0. The summed E-state index contributed by atoms with van der Waals surface area (Å²) in [6.07, 6.45) is 7.89. The number of hydrogen-bond acceptors (Lipinski definition) is 5. The number of aromatic nitrogens is 2. The summed E-state index contributed by atoms with van der Waals surface area (Å²) in [4.78, 5) is 23.0. The van der Waals surface area contributed by atoms with E-state index in [2.05, 4.69) is 20.9 Å². The van der Waals surface area contributed by atoms with Crippen LogP contribution in [0.1, 0.15) is 20.3 Å². The molecule has 1 aliphatic carbocycles. The van der Waals surface area contributed by atoms with Crippen LogP contribution in [-0.2, 0) is 4.79 Å². The summed E-state index contributed by atoms with van der Waals surface area (Å²) in [5, 5.41) is 9.19. The van der Waals surface area contributed by atoms with E-state index >= 15 is 0 Å². The third kappa shape index (κ3) is 2.21. The highest BCUT2D eigenvalue weighted by atomic mass is 16.1. The molecule has 1 aliphatic heterocycles. The summed E-state index contributed by atoms with van der Waals surface area (Å²) in [5.74, 6) is 1.34. The molecule has 108 valence electrons. The van der Waals surface area contributed by atoms with Crippen molar-refractivity contribution in [3.05, 3.63) is 30.2 Å². The molecule has 3 rings (SSSR count). The smallest absolute Gasteiger partial charge is 0.178 e. The first-order valence-corrected chi connectivity index (χ1v) is 7.21. The molecular weight excluding hydrogens is 264 g/mol. The van der Waals surface area contributed by atoms with Crippen molar-refractivity contribution >= 4 is 11.6 Å². The van der Waals surface area contributed by atoms with Crippen LogP contribution in [0.3, 0.4) is 0 Å². The normalized spacial score (nSPS) is 27.6. The van der Waals surface area contributed by atoms with Crippen LogP contribution < -0.4 is 4.90 Å². The summed E-state index contributed by atoms with van der Waals surface area (Å²) in [7, 11) is 0. The Balaban J connectivity index is 1.90. The molecule has 2 atom stereocenters. The van der Waals surface area contributed by atoms with Gasteiger partial charge in [0.2, 0.25) is 0 Å². The average Bonchev–Trinajstić information content (AvgIpc) is 2.51. The minimum absolute atomic E-state index is 0.0146. The van der Waals surface area contributed by atoms with Crippen molar-refractivity contribution in [2.24, 2.45) is 17.3 Å². The highest BCUT2D eigenvalue weighted by Crippen LogP contribution is 2.45. The molecule has 5 nitrogen and oxygen atoms in total. The summed E-state index contributed by atoms with van der Waals surface area (Å²) in [5.41, 5.74) is -0.152. The van der Waals surface area contributed by atoms with Gasteiger partial charge in [-0.2, -0.15) is 5.26 Å². The van der Waals surface area contributed by atoms with Crippen LogP contribution in [0.2, 0.25) is 0 Å². The number of ketones is 1. The monoisotopic (exact) mass is 282 g/mol. The van der Waals surface area contributed by atoms with Crippen LogP contribution in [0.4, 0.5) is 5.82 Å². The summed E-state index contributed by atoms with van der Waals surface area (Å²) >= 11 is 0. The van der Waals surface area contributed by atoms with Crippen molar-refractivity contribution in [1.29, 1.82) is 5.26 Å². The van der Waals surface area contributed by atoms with Crippen LogP contribution in [0.5, 0.6) is 0 Å². The Hall–Kier alpha value is -2.22. The van der Waals surface area contributed by atoms with Gasteiger partial charge in [0, 0.05) is 30.9 Å². The lowest BCUT2D eigenvalue weighted by Gasteiger charge is -2.46. The second-order valence-corrected chi connectivity index (χ2v) is 6.31. The van der Waals surface area contributed by atoms with Gasteiger partial charge in [0.1, 0.15) is 11.9 Å². The predicted octanol–water partition coefficient (Wildman–Crippen LogP) is 1.98. The minimum Gasteiger partial charge on any atom is -0.355 e. The first-order valence-electron chi connectivity index (χ1n) is 7.21. The first kappa shape index (κ1) is 13.7. The van der Waals surface area contributed by atoms with Crippen LogP contribution in [-0.4, -0.2) is 28.8 Å². The van der Waals surface area contributed by atoms with Gasteiger partial charge in [-0.3, -0.25) is 9.78 Å². The zero-order valence-electron chi connectivity index (χ0n) is 12.3. The summed E-state index contributed by atoms with van der Waals surface area (Å²) < 4.78 is 0. The standard InChI is InChI=1S/C16H18N4O/c1-16(2)13-3-6-20(14-9-18-4-5-19-14)10-12(13)7-11(8-17)15(16)21/h4-5,7,9,12-13H,3,6,10H2,1-2H3. The van der Waals surface area contributed by atoms with E-state index in [0.717, 1.165) is 25.3 Å². The molecule has 0 N–H and O–H groups in total. The Morgan fingerprint density at radius 1 is 1.43 bits per heavy atom. The van der Waals surface area contributed by atoms with Crippen molar-refractivity contribution in [2.45, 2.75) is 20.3 Å². The lowest BCUT2D eigenvalue weighted by atomic mass is 9.61. The maximum Gasteiger partial charge on any atom is 0.178 e. The number of carbonyl (C=O) groups excluding carboxylic acids is 1. The van der Waals surface area contributed by atoms with E-state index in [1.807, 2.05) is 19.9 Å². The third-order valence-electron chi connectivity index (χ3n) is 4.79. The molecule has 21 heavy (non-hydrogen) atoms. The molecule has 0 amide bonds. The number of fused-ring (bicyclic) bond motifs is 1. The van der Waals surface area contributed by atoms with Gasteiger partial charge in [-0.1, -0.05) is 19.9 Å². The number of hydrogen-bond donors (Lipinski definition) is 0. The van der Waals surface area contributed by atoms with Crippen LogP contribution in [0, 0.1) is 28.6 Å². The molecule has 0 aromatic carbocycles. The number of rotatable bonds is 1. The van der Waals surface area contributed by atoms with Crippen molar-refractivity contribution < 1.29 is 4.79 Å². The molecule has 0 bridgehead atoms. The number of anilines is 1. The molecule has 1 aromatic heterocycles. The highest BCUT2D eigenvalue weighted by Gasteiger charge is 2.47. The third-order valence-corrected chi connectivity index (χ3v) is 4.79. The number of nitriles is 1. The maximum atomic E-state index is 12.4. The van der Waals surface area contributed by atoms with Crippen LogP contribution >= 0.6 is 0 Å². The van der Waals surface area contributed by atoms with E-state index in [-0.39, 0.29) is 17.6 Å². The fourth-order valence-electron chi connectivity index (χ4n) is 3.60. The van der Waals surface area contributed by atoms with E-state index in [1.165, 1.54) is 0 Å². The topological polar surface area (TPSA) is 69.9 Å². The van der Waals surface area contributed by atoms with Crippen molar-refractivity contribution in [3.63, 3.8) is 0 Å². The fourth-order valence-corrected chi connectivity index (χ4v) is 3.60. The van der Waals surface area contributed by atoms with Gasteiger partial charge in [-0.05, 0) is 18.3 Å². The fraction of sp³-hybridized carbons (Fsp3) is 0.500. The van der Waals surface area contributed by atoms with Crippen molar-refractivity contribution in [3.8, 4) is 6.07 Å². The molecule has 1 aromatic rings. The molecule has 2 aliphatic rings. The Labute approximate surface area is 124 Å². The van der Waals surface area contributed by atoms with E-state index < -0.39 is 5.41 Å². The second kappa shape index (κ2) is 4.96. The Morgan fingerprint density at radius 3 is 2.90 bits per heavy atom. The van der Waals surface area contributed by atoms with Crippen LogP contribution in [0.15, 0.2) is 30.2 Å².